The van der Waals surface area contributed by atoms with Crippen LogP contribution in [-0.4, -0.2) is 246 Å². The fraction of sp³-hybridized carbons (Fsp3) is 0.788. The molecular formula is C52H84N4O21. The van der Waals surface area contributed by atoms with Gasteiger partial charge in [-0.25, -0.2) is 4.79 Å². The second-order valence-corrected chi connectivity index (χ2v) is 20.7. The summed E-state index contributed by atoms with van der Waals surface area (Å²) in [6.07, 6.45) is -8.12. The average Bonchev–Trinajstić information content (AvgIpc) is 3.44. The van der Waals surface area contributed by atoms with Gasteiger partial charge in [0.2, 0.25) is 5.91 Å². The third kappa shape index (κ3) is 14.9. The van der Waals surface area contributed by atoms with Crippen molar-refractivity contribution in [3.05, 3.63) is 35.9 Å². The Morgan fingerprint density at radius 2 is 0.883 bits per heavy atom. The zero-order valence-corrected chi connectivity index (χ0v) is 44.8. The Morgan fingerprint density at radius 3 is 1.25 bits per heavy atom. The maximum atomic E-state index is 15.2. The Morgan fingerprint density at radius 1 is 0.506 bits per heavy atom. The van der Waals surface area contributed by atoms with Crippen LogP contribution in [0.15, 0.2) is 30.3 Å². The topological polar surface area (TPSA) is 369 Å². The number of carbonyl (C=O) groups is 5. The number of ether oxygens (including phenoxy) is 8. The number of rotatable bonds is 27. The van der Waals surface area contributed by atoms with E-state index in [2.05, 4.69) is 21.3 Å². The SMILES string of the molecule is COCC1OC(C(=O)NC2[C@@H](CO)C(CO)[C@@H](COC)O[C@H]2C(=O)N[C@H]2C(C(=O)NC(Cc3ccccc3)C(=O)OC)OC(COC)[C@@H](CO)C2CO)[C@H](NC(=O)[C@@H]2C[C@H](COC)C(CO)[C@H](CO)C2C)C(CO)[C@@H]1CO. The summed E-state index contributed by atoms with van der Waals surface area (Å²) in [5, 5.41) is 97.4. The van der Waals surface area contributed by atoms with Crippen LogP contribution >= 0.6 is 0 Å². The van der Waals surface area contributed by atoms with E-state index in [1.807, 2.05) is 0 Å². The van der Waals surface area contributed by atoms with Crippen molar-refractivity contribution in [2.24, 2.45) is 65.1 Å². The van der Waals surface area contributed by atoms with Gasteiger partial charge in [0.05, 0.1) is 63.4 Å². The summed E-state index contributed by atoms with van der Waals surface area (Å²) < 4.78 is 45.7. The number of carbonyl (C=O) groups excluding carboxylic acids is 5. The molecule has 25 heteroatoms. The maximum absolute atomic E-state index is 15.2. The molecule has 3 saturated heterocycles. The van der Waals surface area contributed by atoms with Crippen molar-refractivity contribution in [3.8, 4) is 0 Å². The molecule has 3 heterocycles. The van der Waals surface area contributed by atoms with E-state index >= 15 is 9.59 Å². The molecule has 3 aliphatic heterocycles. The first-order chi connectivity index (χ1) is 37.1. The molecule has 438 valence electrons. The minimum atomic E-state index is -1.80. The number of amides is 4. The lowest BCUT2D eigenvalue weighted by Crippen LogP contribution is -2.71. The summed E-state index contributed by atoms with van der Waals surface area (Å²) in [6, 6.07) is 3.08. The minimum Gasteiger partial charge on any atom is -0.467 e. The van der Waals surface area contributed by atoms with E-state index in [-0.39, 0.29) is 58.4 Å². The van der Waals surface area contributed by atoms with Crippen molar-refractivity contribution in [2.75, 3.05) is 115 Å². The fourth-order valence-corrected chi connectivity index (χ4v) is 12.4. The summed E-state index contributed by atoms with van der Waals surface area (Å²) in [7, 11) is 6.70. The highest BCUT2D eigenvalue weighted by Gasteiger charge is 2.56. The van der Waals surface area contributed by atoms with Crippen LogP contribution in [-0.2, 0) is 68.3 Å². The molecule has 25 nitrogen and oxygen atoms in total. The lowest BCUT2D eigenvalue weighted by molar-refractivity contribution is -0.193. The lowest BCUT2D eigenvalue weighted by Gasteiger charge is -2.49. The molecule has 4 fully saturated rings. The van der Waals surface area contributed by atoms with E-state index in [1.165, 1.54) is 28.4 Å². The van der Waals surface area contributed by atoms with Crippen molar-refractivity contribution >= 4 is 29.6 Å². The first-order valence-corrected chi connectivity index (χ1v) is 26.3. The fourth-order valence-electron chi connectivity index (χ4n) is 12.4. The summed E-state index contributed by atoms with van der Waals surface area (Å²) in [4.78, 5) is 72.7. The molecule has 1 aromatic rings. The number of hydrogen-bond donors (Lipinski definition) is 12. The molecule has 4 aliphatic rings. The Labute approximate surface area is 448 Å². The van der Waals surface area contributed by atoms with Crippen LogP contribution < -0.4 is 21.3 Å². The van der Waals surface area contributed by atoms with Crippen LogP contribution in [0.4, 0.5) is 0 Å². The summed E-state index contributed by atoms with van der Waals surface area (Å²) in [5.41, 5.74) is 0.667. The molecule has 4 amide bonds. The molecule has 11 unspecified atom stereocenters. The van der Waals surface area contributed by atoms with E-state index in [4.69, 9.17) is 37.9 Å². The molecule has 1 aromatic carbocycles. The predicted octanol–water partition coefficient (Wildman–Crippen LogP) is -4.63. The van der Waals surface area contributed by atoms with Crippen LogP contribution in [0, 0.1) is 65.1 Å². The molecule has 1 aliphatic carbocycles. The predicted molar refractivity (Wildman–Crippen MR) is 269 cm³/mol. The van der Waals surface area contributed by atoms with Gasteiger partial charge in [0.1, 0.15) is 6.04 Å². The number of aliphatic hydroxyl groups is 8. The highest BCUT2D eigenvalue weighted by atomic mass is 16.6. The number of aliphatic hydroxyl groups excluding tert-OH is 8. The summed E-state index contributed by atoms with van der Waals surface area (Å²) >= 11 is 0. The Kier molecular flexibility index (Phi) is 25.8. The third-order valence-corrected chi connectivity index (χ3v) is 16.6. The molecule has 0 radical (unpaired) electrons. The molecule has 12 N–H and O–H groups in total. The van der Waals surface area contributed by atoms with E-state index in [0.717, 1.165) is 7.11 Å². The van der Waals surface area contributed by atoms with Crippen LogP contribution in [0.3, 0.4) is 0 Å². The number of nitrogens with one attached hydrogen (secondary N) is 4. The molecular weight excluding hydrogens is 1020 g/mol. The number of hydrogen-bond acceptors (Lipinski definition) is 21. The number of benzene rings is 1. The average molecular weight is 1100 g/mol. The van der Waals surface area contributed by atoms with Gasteiger partial charge in [-0.3, -0.25) is 19.2 Å². The second-order valence-electron chi connectivity index (χ2n) is 20.7. The van der Waals surface area contributed by atoms with E-state index in [9.17, 15) is 55.2 Å². The zero-order chi connectivity index (χ0) is 56.5. The Hall–Kier alpha value is -4.03. The van der Waals surface area contributed by atoms with E-state index in [0.29, 0.717) is 5.56 Å². The molecule has 5 rings (SSSR count). The Balaban J connectivity index is 1.55. The second kappa shape index (κ2) is 31.1. The van der Waals surface area contributed by atoms with Gasteiger partial charge in [0.25, 0.3) is 17.7 Å². The Bertz CT molecular complexity index is 1990. The maximum Gasteiger partial charge on any atom is 0.328 e. The third-order valence-electron chi connectivity index (χ3n) is 16.6. The van der Waals surface area contributed by atoms with Crippen molar-refractivity contribution < 1.29 is 103 Å². The highest BCUT2D eigenvalue weighted by Crippen LogP contribution is 2.43. The quantitative estimate of drug-likeness (QED) is 0.0369. The van der Waals surface area contributed by atoms with Crippen molar-refractivity contribution in [1.82, 2.24) is 21.3 Å². The smallest absolute Gasteiger partial charge is 0.328 e. The van der Waals surface area contributed by atoms with Crippen LogP contribution in [0.2, 0.25) is 0 Å². The van der Waals surface area contributed by atoms with Crippen molar-refractivity contribution in [3.63, 3.8) is 0 Å². The van der Waals surface area contributed by atoms with Gasteiger partial charge in [-0.05, 0) is 35.7 Å². The molecule has 77 heavy (non-hydrogen) atoms. The van der Waals surface area contributed by atoms with Gasteiger partial charge < -0.3 is 100 Å². The highest BCUT2D eigenvalue weighted by molar-refractivity contribution is 5.90. The van der Waals surface area contributed by atoms with Crippen molar-refractivity contribution in [1.29, 1.82) is 0 Å². The van der Waals surface area contributed by atoms with Crippen molar-refractivity contribution in [2.45, 2.75) is 80.6 Å². The van der Waals surface area contributed by atoms with Gasteiger partial charge in [-0.1, -0.05) is 37.3 Å². The van der Waals surface area contributed by atoms with Gasteiger partial charge in [0, 0.05) is 136 Å². The monoisotopic (exact) mass is 1100 g/mol. The number of methoxy groups -OCH3 is 5. The largest absolute Gasteiger partial charge is 0.467 e. The molecule has 21 atom stereocenters. The molecule has 0 aromatic heterocycles. The van der Waals surface area contributed by atoms with Gasteiger partial charge >= 0.3 is 5.97 Å². The van der Waals surface area contributed by atoms with E-state index in [1.54, 1.807) is 37.3 Å². The zero-order valence-electron chi connectivity index (χ0n) is 44.8. The van der Waals surface area contributed by atoms with Gasteiger partial charge in [0.15, 0.2) is 18.3 Å². The summed E-state index contributed by atoms with van der Waals surface area (Å²) in [6.45, 7) is -3.16. The first kappa shape index (κ1) is 63.8. The first-order valence-electron chi connectivity index (χ1n) is 26.3. The normalized spacial score (nSPS) is 35.8. The van der Waals surface area contributed by atoms with Gasteiger partial charge in [-0.15, -0.1) is 0 Å². The van der Waals surface area contributed by atoms with Crippen LogP contribution in [0.5, 0.6) is 0 Å². The van der Waals surface area contributed by atoms with E-state index < -0.39 is 189 Å². The van der Waals surface area contributed by atoms with Crippen LogP contribution in [0.25, 0.3) is 0 Å². The lowest BCUT2D eigenvalue weighted by atomic mass is 9.62. The molecule has 0 spiro atoms. The molecule has 1 saturated carbocycles. The molecule has 0 bridgehead atoms. The summed E-state index contributed by atoms with van der Waals surface area (Å²) in [5.74, 6) is -13.0. The minimum absolute atomic E-state index is 0.00903. The van der Waals surface area contributed by atoms with Gasteiger partial charge in [-0.2, -0.15) is 0 Å². The van der Waals surface area contributed by atoms with Crippen LogP contribution in [0.1, 0.15) is 18.9 Å². The number of esters is 1. The standard InChI is InChI=1S/C52H84N4O21/c1-26-29(13-28(22-70-2)31(15-58)30(26)14-57)48(65)54-42-35(19-62)32(16-59)40(24-72-4)76-46(42)50(67)56-44-37(21-64)34(18-61)41(25-73-5)77-47(44)51(68)55-43-36(20-63)33(17-60)39(23-71-3)75-45(43)49(66)53-38(52(69)74-6)12-27-10-8-7-9-11-27/h7-11,26,28-47,57-64H,12-25H2,1-6H3,(H,53,66)(H,54,65)(H,55,68)(H,56,67)/t26?,28-,29-,30-,31?,32+,33+,34?,35?,36?,37+,38?,39?,40?,41-,42-,43-,44?,45?,46?,47-/m1/s1.